The Morgan fingerprint density at radius 1 is 1.21 bits per heavy atom. The van der Waals surface area contributed by atoms with Gasteiger partial charge in [-0.2, -0.15) is 0 Å². The number of methoxy groups -OCH3 is 1. The average Bonchev–Trinajstić information content (AvgIpc) is 2.89. The Kier molecular flexibility index (Phi) is 4.11. The largest absolute Gasteiger partial charge is 0.465 e. The lowest BCUT2D eigenvalue weighted by molar-refractivity contribution is 0.0271. The van der Waals surface area contributed by atoms with Crippen molar-refractivity contribution >= 4 is 17.6 Å². The van der Waals surface area contributed by atoms with Crippen molar-refractivity contribution in [1.82, 2.24) is 4.90 Å². The number of fused-ring (bicyclic) bond motifs is 2. The number of ether oxygens (including phenoxy) is 2. The molecule has 0 fully saturated rings. The Labute approximate surface area is 142 Å². The summed E-state index contributed by atoms with van der Waals surface area (Å²) in [6.45, 7) is 6.81. The van der Waals surface area contributed by atoms with Crippen molar-refractivity contribution in [3.63, 3.8) is 0 Å². The first-order valence-electron chi connectivity index (χ1n) is 8.19. The Balaban J connectivity index is 1.83. The number of carbonyl (C=O) groups is 2. The maximum absolute atomic E-state index is 12.3. The molecule has 24 heavy (non-hydrogen) atoms. The molecular formula is C19H23NO4. The molecule has 0 saturated heterocycles. The van der Waals surface area contributed by atoms with Crippen molar-refractivity contribution in [2.45, 2.75) is 39.2 Å². The summed E-state index contributed by atoms with van der Waals surface area (Å²) in [6, 6.07) is 5.66. The van der Waals surface area contributed by atoms with Crippen molar-refractivity contribution < 1.29 is 19.1 Å². The summed E-state index contributed by atoms with van der Waals surface area (Å²) in [5, 5.41) is 0. The lowest BCUT2D eigenvalue weighted by Gasteiger charge is -2.31. The van der Waals surface area contributed by atoms with E-state index >= 15 is 0 Å². The second kappa shape index (κ2) is 5.96. The van der Waals surface area contributed by atoms with E-state index in [9.17, 15) is 9.59 Å². The minimum atomic E-state index is -0.503. The molecule has 0 saturated carbocycles. The highest BCUT2D eigenvalue weighted by Crippen LogP contribution is 2.38. The molecule has 128 valence electrons. The van der Waals surface area contributed by atoms with Gasteiger partial charge in [0.1, 0.15) is 5.60 Å². The zero-order valence-electron chi connectivity index (χ0n) is 14.6. The molecule has 2 aliphatic rings. The predicted octanol–water partition coefficient (Wildman–Crippen LogP) is 3.42. The maximum atomic E-state index is 12.3. The Morgan fingerprint density at radius 3 is 2.62 bits per heavy atom. The molecule has 1 heterocycles. The highest BCUT2D eigenvalue weighted by molar-refractivity contribution is 5.92. The first kappa shape index (κ1) is 16.6. The van der Waals surface area contributed by atoms with Crippen LogP contribution in [0.1, 0.15) is 48.7 Å². The lowest BCUT2D eigenvalue weighted by atomic mass is 9.99. The predicted molar refractivity (Wildman–Crippen MR) is 90.8 cm³/mol. The highest BCUT2D eigenvalue weighted by Gasteiger charge is 2.31. The van der Waals surface area contributed by atoms with Crippen molar-refractivity contribution in [2.75, 3.05) is 20.2 Å². The SMILES string of the molecule is COC(=O)c1ccc2c(c1)C1=C(CCN(C(=O)OC(C)(C)C)C1)C2. The van der Waals surface area contributed by atoms with Crippen molar-refractivity contribution in [1.29, 1.82) is 0 Å². The van der Waals surface area contributed by atoms with Crippen molar-refractivity contribution in [3.05, 3.63) is 40.5 Å². The van der Waals surface area contributed by atoms with E-state index in [1.54, 1.807) is 11.0 Å². The molecule has 3 rings (SSSR count). The fraction of sp³-hybridized carbons (Fsp3) is 0.474. The topological polar surface area (TPSA) is 55.8 Å². The normalized spacial score (nSPS) is 16.6. The number of hydrogen-bond donors (Lipinski definition) is 0. The van der Waals surface area contributed by atoms with Gasteiger partial charge in [-0.1, -0.05) is 11.6 Å². The van der Waals surface area contributed by atoms with Gasteiger partial charge in [-0.25, -0.2) is 9.59 Å². The van der Waals surface area contributed by atoms with Gasteiger partial charge in [0, 0.05) is 13.1 Å². The Bertz CT molecular complexity index is 727. The summed E-state index contributed by atoms with van der Waals surface area (Å²) in [5.41, 5.74) is 4.80. The average molecular weight is 329 g/mol. The van der Waals surface area contributed by atoms with Gasteiger partial charge in [0.2, 0.25) is 0 Å². The van der Waals surface area contributed by atoms with Crippen LogP contribution in [0.3, 0.4) is 0 Å². The maximum Gasteiger partial charge on any atom is 0.410 e. The van der Waals surface area contributed by atoms with Gasteiger partial charge >= 0.3 is 12.1 Å². The molecule has 0 aromatic heterocycles. The molecule has 1 amide bonds. The fourth-order valence-corrected chi connectivity index (χ4v) is 3.24. The van der Waals surface area contributed by atoms with E-state index in [1.165, 1.54) is 18.2 Å². The molecule has 5 heteroatoms. The summed E-state index contributed by atoms with van der Waals surface area (Å²) in [5.74, 6) is -0.341. The third-order valence-electron chi connectivity index (χ3n) is 4.37. The molecular weight excluding hydrogens is 306 g/mol. The van der Waals surface area contributed by atoms with E-state index in [1.807, 2.05) is 32.9 Å². The number of hydrogen-bond acceptors (Lipinski definition) is 4. The summed E-state index contributed by atoms with van der Waals surface area (Å²) >= 11 is 0. The molecule has 1 aromatic rings. The zero-order chi connectivity index (χ0) is 17.5. The number of carbonyl (C=O) groups excluding carboxylic acids is 2. The second-order valence-corrected chi connectivity index (χ2v) is 7.27. The fourth-order valence-electron chi connectivity index (χ4n) is 3.24. The first-order valence-corrected chi connectivity index (χ1v) is 8.19. The molecule has 1 aromatic carbocycles. The van der Waals surface area contributed by atoms with Gasteiger partial charge in [-0.3, -0.25) is 0 Å². The third kappa shape index (κ3) is 3.16. The Hall–Kier alpha value is -2.30. The Morgan fingerprint density at radius 2 is 1.96 bits per heavy atom. The van der Waals surface area contributed by atoms with E-state index in [0.717, 1.165) is 24.0 Å². The smallest absolute Gasteiger partial charge is 0.410 e. The van der Waals surface area contributed by atoms with Gasteiger partial charge in [0.25, 0.3) is 0 Å². The van der Waals surface area contributed by atoms with Crippen LogP contribution in [0.15, 0.2) is 23.8 Å². The number of rotatable bonds is 1. The van der Waals surface area contributed by atoms with E-state index in [2.05, 4.69) is 0 Å². The van der Waals surface area contributed by atoms with Crippen LogP contribution in [0.25, 0.3) is 5.57 Å². The lowest BCUT2D eigenvalue weighted by Crippen LogP contribution is -2.40. The molecule has 0 radical (unpaired) electrons. The third-order valence-corrected chi connectivity index (χ3v) is 4.37. The van der Waals surface area contributed by atoms with E-state index in [0.29, 0.717) is 18.7 Å². The number of nitrogens with zero attached hydrogens (tertiary/aromatic N) is 1. The summed E-state index contributed by atoms with van der Waals surface area (Å²) in [7, 11) is 1.38. The minimum Gasteiger partial charge on any atom is -0.465 e. The van der Waals surface area contributed by atoms with Gasteiger partial charge in [-0.15, -0.1) is 0 Å². The standard InChI is InChI=1S/C19H23NO4/c1-19(2,3)24-18(22)20-8-7-13-9-12-5-6-14(17(21)23-4)10-15(12)16(13)11-20/h5-6,10H,7-9,11H2,1-4H3. The van der Waals surface area contributed by atoms with Crippen molar-refractivity contribution in [2.24, 2.45) is 0 Å². The molecule has 0 N–H and O–H groups in total. The van der Waals surface area contributed by atoms with Crippen LogP contribution < -0.4 is 0 Å². The number of esters is 1. The van der Waals surface area contributed by atoms with Crippen LogP contribution in [0.5, 0.6) is 0 Å². The zero-order valence-corrected chi connectivity index (χ0v) is 14.6. The van der Waals surface area contributed by atoms with Gasteiger partial charge < -0.3 is 14.4 Å². The van der Waals surface area contributed by atoms with E-state index in [4.69, 9.17) is 9.47 Å². The van der Waals surface area contributed by atoms with Gasteiger partial charge in [0.05, 0.1) is 12.7 Å². The van der Waals surface area contributed by atoms with Crippen LogP contribution >= 0.6 is 0 Å². The quantitative estimate of drug-likeness (QED) is 0.741. The van der Waals surface area contributed by atoms with Crippen LogP contribution in [0.4, 0.5) is 4.79 Å². The number of benzene rings is 1. The second-order valence-electron chi connectivity index (χ2n) is 7.27. The monoisotopic (exact) mass is 329 g/mol. The highest BCUT2D eigenvalue weighted by atomic mass is 16.6. The summed E-state index contributed by atoms with van der Waals surface area (Å²) < 4.78 is 10.3. The molecule has 1 aliphatic heterocycles. The molecule has 0 spiro atoms. The summed E-state index contributed by atoms with van der Waals surface area (Å²) in [4.78, 5) is 25.9. The van der Waals surface area contributed by atoms with E-state index in [-0.39, 0.29) is 12.1 Å². The first-order chi connectivity index (χ1) is 11.3. The van der Waals surface area contributed by atoms with Crippen LogP contribution in [-0.2, 0) is 15.9 Å². The van der Waals surface area contributed by atoms with Gasteiger partial charge in [0.15, 0.2) is 0 Å². The molecule has 0 atom stereocenters. The van der Waals surface area contributed by atoms with Crippen LogP contribution in [-0.4, -0.2) is 42.8 Å². The summed E-state index contributed by atoms with van der Waals surface area (Å²) in [6.07, 6.45) is 1.46. The van der Waals surface area contributed by atoms with Gasteiger partial charge in [-0.05, 0) is 62.4 Å². The van der Waals surface area contributed by atoms with Crippen LogP contribution in [0.2, 0.25) is 0 Å². The molecule has 0 unspecified atom stereocenters. The van der Waals surface area contributed by atoms with E-state index < -0.39 is 5.60 Å². The molecule has 1 aliphatic carbocycles. The van der Waals surface area contributed by atoms with Crippen LogP contribution in [0, 0.1) is 0 Å². The molecule has 5 nitrogen and oxygen atoms in total. The number of amides is 1. The minimum absolute atomic E-state index is 0.286. The molecule has 0 bridgehead atoms. The van der Waals surface area contributed by atoms with Crippen molar-refractivity contribution in [3.8, 4) is 0 Å².